The van der Waals surface area contributed by atoms with E-state index in [4.69, 9.17) is 16.7 Å². The highest BCUT2D eigenvalue weighted by Gasteiger charge is 2.22. The number of hydrogen-bond donors (Lipinski definition) is 6. The summed E-state index contributed by atoms with van der Waals surface area (Å²) in [5.41, 5.74) is 3.35. The highest BCUT2D eigenvalue weighted by atomic mass is 35.5. The Hall–Kier alpha value is -1.92. The van der Waals surface area contributed by atoms with Gasteiger partial charge in [0.1, 0.15) is 11.8 Å². The normalized spacial score (nSPS) is 10.9. The Morgan fingerprint density at radius 3 is 2.36 bits per heavy atom. The van der Waals surface area contributed by atoms with Crippen molar-refractivity contribution in [3.8, 4) is 17.2 Å². The lowest BCUT2D eigenvalue weighted by molar-refractivity contribution is 0.248. The second-order valence-corrected chi connectivity index (χ2v) is 5.76. The Bertz CT molecular complexity index is 783. The van der Waals surface area contributed by atoms with E-state index in [0.29, 0.717) is 46.6 Å². The predicted octanol–water partition coefficient (Wildman–Crippen LogP) is 0.766. The molecule has 0 atom stereocenters. The van der Waals surface area contributed by atoms with Crippen molar-refractivity contribution in [3.63, 3.8) is 0 Å². The molecule has 8 heteroatoms. The standard InChI is InChI=1S/C17H20ClN3O4/c18-17-14(5-19)21-15(6-20-3-4-22)16(17)11-2-1-10(7-23)12(8-24)13(11)9-25/h1-2,20-25H,3-4,6-9H2. The van der Waals surface area contributed by atoms with Crippen LogP contribution in [0.25, 0.3) is 11.1 Å². The Morgan fingerprint density at radius 1 is 1.08 bits per heavy atom. The maximum atomic E-state index is 9.81. The van der Waals surface area contributed by atoms with Crippen molar-refractivity contribution in [3.05, 3.63) is 45.2 Å². The molecule has 0 aliphatic carbocycles. The van der Waals surface area contributed by atoms with Gasteiger partial charge in [0.2, 0.25) is 0 Å². The van der Waals surface area contributed by atoms with Crippen LogP contribution in [0.2, 0.25) is 5.02 Å². The van der Waals surface area contributed by atoms with Crippen LogP contribution < -0.4 is 5.32 Å². The first-order chi connectivity index (χ1) is 12.1. The molecule has 1 heterocycles. The van der Waals surface area contributed by atoms with Crippen molar-refractivity contribution < 1.29 is 20.4 Å². The number of aromatic nitrogens is 1. The fourth-order valence-corrected chi connectivity index (χ4v) is 3.12. The number of aromatic amines is 1. The number of H-pyrrole nitrogens is 1. The average Bonchev–Trinajstić information content (AvgIpc) is 2.95. The number of rotatable bonds is 8. The van der Waals surface area contributed by atoms with Gasteiger partial charge in [-0.05, 0) is 22.3 Å². The predicted molar refractivity (Wildman–Crippen MR) is 92.5 cm³/mol. The third kappa shape index (κ3) is 3.85. The second-order valence-electron chi connectivity index (χ2n) is 5.38. The molecule has 1 aromatic carbocycles. The number of aliphatic hydroxyl groups is 4. The molecule has 0 saturated carbocycles. The van der Waals surface area contributed by atoms with Gasteiger partial charge < -0.3 is 30.7 Å². The molecule has 1 aromatic heterocycles. The van der Waals surface area contributed by atoms with Crippen LogP contribution in [-0.2, 0) is 26.4 Å². The van der Waals surface area contributed by atoms with Crippen LogP contribution in [0.4, 0.5) is 0 Å². The second kappa shape index (κ2) is 8.97. The summed E-state index contributed by atoms with van der Waals surface area (Å²) in [5.74, 6) is 0. The fraction of sp³-hybridized carbons (Fsp3) is 0.353. The average molecular weight is 366 g/mol. The first kappa shape index (κ1) is 19.4. The van der Waals surface area contributed by atoms with E-state index >= 15 is 0 Å². The number of benzene rings is 1. The Labute approximate surface area is 150 Å². The van der Waals surface area contributed by atoms with Crippen molar-refractivity contribution in [1.82, 2.24) is 10.3 Å². The molecule has 25 heavy (non-hydrogen) atoms. The summed E-state index contributed by atoms with van der Waals surface area (Å²) in [6, 6.07) is 5.34. The van der Waals surface area contributed by atoms with Crippen LogP contribution in [0.5, 0.6) is 0 Å². The molecular weight excluding hydrogens is 346 g/mol. The molecule has 7 nitrogen and oxygen atoms in total. The molecule has 0 aliphatic heterocycles. The SMILES string of the molecule is N#Cc1[nH]c(CNCCO)c(-c2ccc(CO)c(CO)c2CO)c1Cl. The van der Waals surface area contributed by atoms with Gasteiger partial charge in [-0.15, -0.1) is 0 Å². The summed E-state index contributed by atoms with van der Waals surface area (Å²) in [5, 5.41) is 50.3. The lowest BCUT2D eigenvalue weighted by atomic mass is 9.92. The van der Waals surface area contributed by atoms with Gasteiger partial charge >= 0.3 is 0 Å². The van der Waals surface area contributed by atoms with Crippen LogP contribution >= 0.6 is 11.6 Å². The molecule has 0 unspecified atom stereocenters. The maximum Gasteiger partial charge on any atom is 0.137 e. The van der Waals surface area contributed by atoms with Crippen molar-refractivity contribution in [2.75, 3.05) is 13.2 Å². The lowest BCUT2D eigenvalue weighted by Gasteiger charge is -2.16. The van der Waals surface area contributed by atoms with E-state index < -0.39 is 0 Å². The smallest absolute Gasteiger partial charge is 0.137 e. The molecule has 0 fully saturated rings. The van der Waals surface area contributed by atoms with E-state index in [9.17, 15) is 20.6 Å². The topological polar surface area (TPSA) is 133 Å². The third-order valence-electron chi connectivity index (χ3n) is 4.00. The van der Waals surface area contributed by atoms with E-state index in [2.05, 4.69) is 10.3 Å². The zero-order chi connectivity index (χ0) is 18.4. The van der Waals surface area contributed by atoms with Crippen molar-refractivity contribution in [1.29, 1.82) is 5.26 Å². The van der Waals surface area contributed by atoms with Gasteiger partial charge in [0.25, 0.3) is 0 Å². The molecule has 0 bridgehead atoms. The molecule has 0 radical (unpaired) electrons. The van der Waals surface area contributed by atoms with E-state index in [1.807, 2.05) is 6.07 Å². The van der Waals surface area contributed by atoms with Gasteiger partial charge in [-0.2, -0.15) is 5.26 Å². The zero-order valence-corrected chi connectivity index (χ0v) is 14.3. The van der Waals surface area contributed by atoms with E-state index in [1.165, 1.54) is 0 Å². The summed E-state index contributed by atoms with van der Waals surface area (Å²) in [6.45, 7) is -0.291. The van der Waals surface area contributed by atoms with Crippen molar-refractivity contribution in [2.24, 2.45) is 0 Å². The highest BCUT2D eigenvalue weighted by molar-refractivity contribution is 6.34. The molecule has 6 N–H and O–H groups in total. The van der Waals surface area contributed by atoms with E-state index in [-0.39, 0.29) is 37.1 Å². The van der Waals surface area contributed by atoms with Gasteiger partial charge in [0.15, 0.2) is 0 Å². The minimum absolute atomic E-state index is 0.0311. The minimum atomic E-state index is -0.355. The third-order valence-corrected chi connectivity index (χ3v) is 4.38. The highest BCUT2D eigenvalue weighted by Crippen LogP contribution is 2.38. The number of nitrogens with one attached hydrogen (secondary N) is 2. The molecular formula is C17H20ClN3O4. The number of halogens is 1. The number of hydrogen-bond acceptors (Lipinski definition) is 6. The molecule has 0 aliphatic rings. The monoisotopic (exact) mass is 365 g/mol. The number of nitrogens with zero attached hydrogens (tertiary/aromatic N) is 1. The summed E-state index contributed by atoms with van der Waals surface area (Å²) in [4.78, 5) is 2.94. The largest absolute Gasteiger partial charge is 0.395 e. The van der Waals surface area contributed by atoms with Crippen LogP contribution in [0, 0.1) is 11.3 Å². The van der Waals surface area contributed by atoms with Gasteiger partial charge in [0, 0.05) is 24.3 Å². The Balaban J connectivity index is 2.64. The zero-order valence-electron chi connectivity index (χ0n) is 13.5. The molecule has 2 rings (SSSR count). The summed E-state index contributed by atoms with van der Waals surface area (Å²) in [7, 11) is 0. The first-order valence-electron chi connectivity index (χ1n) is 7.71. The van der Waals surface area contributed by atoms with Crippen molar-refractivity contribution >= 4 is 11.6 Å². The molecule has 0 spiro atoms. The van der Waals surface area contributed by atoms with Crippen LogP contribution in [0.3, 0.4) is 0 Å². The molecule has 0 saturated heterocycles. The maximum absolute atomic E-state index is 9.81. The number of aliphatic hydroxyl groups excluding tert-OH is 4. The van der Waals surface area contributed by atoms with Crippen LogP contribution in [-0.4, -0.2) is 38.6 Å². The first-order valence-corrected chi connectivity index (χ1v) is 8.09. The van der Waals surface area contributed by atoms with Crippen LogP contribution in [0.15, 0.2) is 12.1 Å². The van der Waals surface area contributed by atoms with E-state index in [0.717, 1.165) is 0 Å². The molecule has 2 aromatic rings. The lowest BCUT2D eigenvalue weighted by Crippen LogP contribution is -2.18. The Kier molecular flexibility index (Phi) is 6.96. The van der Waals surface area contributed by atoms with Crippen molar-refractivity contribution in [2.45, 2.75) is 26.4 Å². The quantitative estimate of drug-likeness (QED) is 0.383. The van der Waals surface area contributed by atoms with E-state index in [1.54, 1.807) is 12.1 Å². The summed E-state index contributed by atoms with van der Waals surface area (Å²) >= 11 is 6.35. The van der Waals surface area contributed by atoms with Gasteiger partial charge in [-0.25, -0.2) is 0 Å². The number of nitriles is 1. The molecule has 0 amide bonds. The van der Waals surface area contributed by atoms with Crippen LogP contribution in [0.1, 0.15) is 28.1 Å². The van der Waals surface area contributed by atoms with Gasteiger partial charge in [0.05, 0.1) is 31.5 Å². The molecule has 134 valence electrons. The fourth-order valence-electron chi connectivity index (χ4n) is 2.81. The Morgan fingerprint density at radius 2 is 1.80 bits per heavy atom. The summed E-state index contributed by atoms with van der Waals surface area (Å²) in [6.07, 6.45) is 0. The van der Waals surface area contributed by atoms with Gasteiger partial charge in [-0.3, -0.25) is 0 Å². The van der Waals surface area contributed by atoms with Gasteiger partial charge in [-0.1, -0.05) is 23.7 Å². The summed E-state index contributed by atoms with van der Waals surface area (Å²) < 4.78 is 0. The minimum Gasteiger partial charge on any atom is -0.395 e.